The molecule has 0 spiro atoms. The molecule has 0 saturated heterocycles. The van der Waals surface area contributed by atoms with Gasteiger partial charge in [0.1, 0.15) is 11.5 Å². The molecular weight excluding hydrogens is 246 g/mol. The molecule has 0 radical (unpaired) electrons. The minimum atomic E-state index is 0.595. The Bertz CT molecular complexity index is 511. The van der Waals surface area contributed by atoms with Crippen LogP contribution in [0.25, 0.3) is 0 Å². The second-order valence-electron chi connectivity index (χ2n) is 4.68. The lowest BCUT2D eigenvalue weighted by atomic mass is 10.0. The predicted octanol–water partition coefficient (Wildman–Crippen LogP) is 4.73. The van der Waals surface area contributed by atoms with Crippen molar-refractivity contribution in [2.45, 2.75) is 20.3 Å². The fourth-order valence-corrected chi connectivity index (χ4v) is 2.06. The van der Waals surface area contributed by atoms with E-state index in [-0.39, 0.29) is 0 Å². The highest BCUT2D eigenvalue weighted by Crippen LogP contribution is 2.26. The summed E-state index contributed by atoms with van der Waals surface area (Å²) in [6, 6.07) is 9.49. The maximum absolute atomic E-state index is 6.11. The van der Waals surface area contributed by atoms with Crippen LogP contribution in [0.5, 0.6) is 11.5 Å². The summed E-state index contributed by atoms with van der Waals surface area (Å²) >= 11 is 6.11. The summed E-state index contributed by atoms with van der Waals surface area (Å²) in [6.07, 6.45) is 4.40. The summed E-state index contributed by atoms with van der Waals surface area (Å²) in [7, 11) is 0. The number of halogens is 1. The first-order chi connectivity index (χ1) is 8.63. The van der Waals surface area contributed by atoms with Crippen molar-refractivity contribution < 1.29 is 4.74 Å². The van der Waals surface area contributed by atoms with Gasteiger partial charge in [-0.3, -0.25) is 4.98 Å². The predicted molar refractivity (Wildman–Crippen MR) is 74.3 cm³/mol. The van der Waals surface area contributed by atoms with Gasteiger partial charge in [-0.15, -0.1) is 0 Å². The van der Waals surface area contributed by atoms with Crippen LogP contribution in [-0.2, 0) is 6.42 Å². The van der Waals surface area contributed by atoms with Gasteiger partial charge in [-0.1, -0.05) is 25.4 Å². The molecule has 94 valence electrons. The number of nitrogens with zero attached hydrogens (tertiary/aromatic N) is 1. The molecule has 0 unspecified atom stereocenters. The van der Waals surface area contributed by atoms with E-state index < -0.39 is 0 Å². The van der Waals surface area contributed by atoms with Gasteiger partial charge in [0, 0.05) is 17.4 Å². The molecule has 2 rings (SSSR count). The highest BCUT2D eigenvalue weighted by Gasteiger charge is 2.04. The SMILES string of the molecule is CC(C)Cc1cc(Cl)cc(Oc2ccncc2)c1. The van der Waals surface area contributed by atoms with E-state index in [0.717, 1.165) is 17.9 Å². The van der Waals surface area contributed by atoms with Crippen molar-refractivity contribution in [3.05, 3.63) is 53.3 Å². The van der Waals surface area contributed by atoms with Crippen molar-refractivity contribution in [2.75, 3.05) is 0 Å². The first-order valence-corrected chi connectivity index (χ1v) is 6.38. The number of aromatic nitrogens is 1. The van der Waals surface area contributed by atoms with Crippen molar-refractivity contribution >= 4 is 11.6 Å². The number of benzene rings is 1. The van der Waals surface area contributed by atoms with E-state index in [1.165, 1.54) is 5.56 Å². The van der Waals surface area contributed by atoms with Crippen LogP contribution < -0.4 is 4.74 Å². The van der Waals surface area contributed by atoms with E-state index >= 15 is 0 Å². The number of hydrogen-bond acceptors (Lipinski definition) is 2. The minimum Gasteiger partial charge on any atom is -0.457 e. The molecule has 0 N–H and O–H groups in total. The Morgan fingerprint density at radius 3 is 2.50 bits per heavy atom. The van der Waals surface area contributed by atoms with Crippen LogP contribution in [0.2, 0.25) is 5.02 Å². The summed E-state index contributed by atoms with van der Waals surface area (Å²) in [6.45, 7) is 4.37. The summed E-state index contributed by atoms with van der Waals surface area (Å²) < 4.78 is 5.76. The quantitative estimate of drug-likeness (QED) is 0.794. The standard InChI is InChI=1S/C15H16ClNO/c1-11(2)7-12-8-13(16)10-15(9-12)18-14-3-5-17-6-4-14/h3-6,8-11H,7H2,1-2H3. The molecule has 2 nitrogen and oxygen atoms in total. The molecule has 0 aliphatic rings. The summed E-state index contributed by atoms with van der Waals surface area (Å²) in [5.74, 6) is 2.13. The van der Waals surface area contributed by atoms with Gasteiger partial charge in [-0.25, -0.2) is 0 Å². The Balaban J connectivity index is 2.20. The largest absolute Gasteiger partial charge is 0.457 e. The normalized spacial score (nSPS) is 10.7. The average Bonchev–Trinajstić information content (AvgIpc) is 2.28. The van der Waals surface area contributed by atoms with Crippen LogP contribution in [0.15, 0.2) is 42.7 Å². The average molecular weight is 262 g/mol. The smallest absolute Gasteiger partial charge is 0.130 e. The molecule has 0 fully saturated rings. The molecule has 3 heteroatoms. The van der Waals surface area contributed by atoms with E-state index in [1.54, 1.807) is 12.4 Å². The van der Waals surface area contributed by atoms with Crippen LogP contribution in [0.1, 0.15) is 19.4 Å². The molecule has 1 aromatic heterocycles. The van der Waals surface area contributed by atoms with Gasteiger partial charge in [0.25, 0.3) is 0 Å². The molecule has 0 atom stereocenters. The monoisotopic (exact) mass is 261 g/mol. The zero-order valence-corrected chi connectivity index (χ0v) is 11.3. The summed E-state index contributed by atoms with van der Waals surface area (Å²) in [5.41, 5.74) is 1.20. The van der Waals surface area contributed by atoms with Crippen molar-refractivity contribution in [3.63, 3.8) is 0 Å². The van der Waals surface area contributed by atoms with Gasteiger partial charge in [-0.2, -0.15) is 0 Å². The highest BCUT2D eigenvalue weighted by molar-refractivity contribution is 6.30. The lowest BCUT2D eigenvalue weighted by molar-refractivity contribution is 0.480. The van der Waals surface area contributed by atoms with E-state index in [4.69, 9.17) is 16.3 Å². The fourth-order valence-electron chi connectivity index (χ4n) is 1.81. The minimum absolute atomic E-state index is 0.595. The van der Waals surface area contributed by atoms with Crippen molar-refractivity contribution in [1.29, 1.82) is 0 Å². The Hall–Kier alpha value is -1.54. The topological polar surface area (TPSA) is 22.1 Å². The molecule has 18 heavy (non-hydrogen) atoms. The van der Waals surface area contributed by atoms with E-state index in [9.17, 15) is 0 Å². The van der Waals surface area contributed by atoms with E-state index in [1.807, 2.05) is 30.3 Å². The third-order valence-corrected chi connectivity index (χ3v) is 2.68. The third kappa shape index (κ3) is 3.74. The van der Waals surface area contributed by atoms with Crippen molar-refractivity contribution in [3.8, 4) is 11.5 Å². The van der Waals surface area contributed by atoms with Gasteiger partial charge in [0.2, 0.25) is 0 Å². The van der Waals surface area contributed by atoms with Gasteiger partial charge in [0.05, 0.1) is 0 Å². The number of pyridine rings is 1. The fraction of sp³-hybridized carbons (Fsp3) is 0.267. The van der Waals surface area contributed by atoms with Crippen LogP contribution in [0, 0.1) is 5.92 Å². The van der Waals surface area contributed by atoms with Crippen molar-refractivity contribution in [1.82, 2.24) is 4.98 Å². The molecule has 0 aliphatic heterocycles. The second kappa shape index (κ2) is 5.87. The Morgan fingerprint density at radius 1 is 1.11 bits per heavy atom. The zero-order chi connectivity index (χ0) is 13.0. The molecule has 0 aliphatic carbocycles. The molecule has 0 bridgehead atoms. The van der Waals surface area contributed by atoms with Crippen LogP contribution in [0.3, 0.4) is 0 Å². The van der Waals surface area contributed by atoms with Gasteiger partial charge in [0.15, 0.2) is 0 Å². The third-order valence-electron chi connectivity index (χ3n) is 2.46. The maximum Gasteiger partial charge on any atom is 0.130 e. The van der Waals surface area contributed by atoms with E-state index in [2.05, 4.69) is 18.8 Å². The Kier molecular flexibility index (Phi) is 4.21. The maximum atomic E-state index is 6.11. The van der Waals surface area contributed by atoms with Gasteiger partial charge >= 0.3 is 0 Å². The van der Waals surface area contributed by atoms with E-state index in [0.29, 0.717) is 10.9 Å². The van der Waals surface area contributed by atoms with Gasteiger partial charge in [-0.05, 0) is 48.2 Å². The Morgan fingerprint density at radius 2 is 1.83 bits per heavy atom. The Labute approximate surface area is 113 Å². The molecule has 0 saturated carbocycles. The summed E-state index contributed by atoms with van der Waals surface area (Å²) in [4.78, 5) is 3.96. The number of hydrogen-bond donors (Lipinski definition) is 0. The molecule has 2 aromatic rings. The molecule has 0 amide bonds. The van der Waals surface area contributed by atoms with Gasteiger partial charge < -0.3 is 4.74 Å². The zero-order valence-electron chi connectivity index (χ0n) is 10.6. The lowest BCUT2D eigenvalue weighted by Crippen LogP contribution is -1.95. The lowest BCUT2D eigenvalue weighted by Gasteiger charge is -2.10. The number of rotatable bonds is 4. The van der Waals surface area contributed by atoms with Crippen LogP contribution in [-0.4, -0.2) is 4.98 Å². The van der Waals surface area contributed by atoms with Crippen LogP contribution in [0.4, 0.5) is 0 Å². The molecule has 1 aromatic carbocycles. The van der Waals surface area contributed by atoms with Crippen LogP contribution >= 0.6 is 11.6 Å². The second-order valence-corrected chi connectivity index (χ2v) is 5.11. The molecule has 1 heterocycles. The van der Waals surface area contributed by atoms with Crippen molar-refractivity contribution in [2.24, 2.45) is 5.92 Å². The molecular formula is C15H16ClNO. The summed E-state index contributed by atoms with van der Waals surface area (Å²) in [5, 5.41) is 0.706. The number of ether oxygens (including phenoxy) is 1. The first-order valence-electron chi connectivity index (χ1n) is 6.01. The first kappa shape index (κ1) is 12.9. The highest BCUT2D eigenvalue weighted by atomic mass is 35.5.